The molecule has 1 aromatic heterocycles. The molecule has 25 heavy (non-hydrogen) atoms. The van der Waals surface area contributed by atoms with Crippen molar-refractivity contribution in [2.75, 3.05) is 0 Å². The van der Waals surface area contributed by atoms with Crippen LogP contribution in [0.2, 0.25) is 9.74 Å². The van der Waals surface area contributed by atoms with E-state index in [9.17, 15) is 4.79 Å². The van der Waals surface area contributed by atoms with Crippen LogP contribution in [0.15, 0.2) is 36.4 Å². The van der Waals surface area contributed by atoms with Crippen LogP contribution in [0.3, 0.4) is 0 Å². The topological polar surface area (TPSA) is 26.3 Å². The molecule has 0 aliphatic rings. The molecule has 2 nitrogen and oxygen atoms in total. The maximum absolute atomic E-state index is 11.0. The van der Waals surface area contributed by atoms with Gasteiger partial charge in [-0.25, -0.2) is 0 Å². The summed E-state index contributed by atoms with van der Waals surface area (Å²) >= 11 is -0.414. The first-order valence-electron chi connectivity index (χ1n) is 8.68. The van der Waals surface area contributed by atoms with E-state index < -0.39 is 18.3 Å². The summed E-state index contributed by atoms with van der Waals surface area (Å²) in [7, 11) is 0. The van der Waals surface area contributed by atoms with Crippen molar-refractivity contribution in [3.63, 3.8) is 0 Å². The van der Waals surface area contributed by atoms with Crippen LogP contribution in [0.4, 0.5) is 0 Å². The number of carbonyl (C=O) groups excluding carboxylic acids is 1. The van der Waals surface area contributed by atoms with Gasteiger partial charge in [0.25, 0.3) is 0 Å². The van der Waals surface area contributed by atoms with E-state index in [2.05, 4.69) is 39.3 Å². The fourth-order valence-electron chi connectivity index (χ4n) is 2.14. The monoisotopic (exact) mass is 468 g/mol. The number of aryl methyl sites for hydroxylation is 1. The number of ether oxygens (including phenoxy) is 1. The summed E-state index contributed by atoms with van der Waals surface area (Å²) in [5.41, 5.74) is 1.39. The average molecular weight is 469 g/mol. The van der Waals surface area contributed by atoms with Gasteiger partial charge in [0, 0.05) is 0 Å². The Morgan fingerprint density at radius 1 is 1.16 bits per heavy atom. The van der Waals surface area contributed by atoms with Crippen LogP contribution in [-0.4, -0.2) is 34.7 Å². The summed E-state index contributed by atoms with van der Waals surface area (Å²) in [6.07, 6.45) is 2.61. The molecule has 0 saturated carbocycles. The van der Waals surface area contributed by atoms with Gasteiger partial charge >= 0.3 is 81.2 Å². The van der Waals surface area contributed by atoms with Gasteiger partial charge in [-0.2, -0.15) is 0 Å². The van der Waals surface area contributed by atoms with Crippen LogP contribution in [0.25, 0.3) is 0 Å². The Balaban J connectivity index is 0.000000251. The molecular weight excluding hydrogens is 438 g/mol. The molecule has 0 atom stereocenters. The SMILES string of the molecule is CCCc1ccc(OC(C)C)cc1.[CH2]=[Sb]([CH3])([CH3])[c]1ccc(C(C)=O)s1. The Morgan fingerprint density at radius 2 is 1.76 bits per heavy atom. The molecule has 4 heteroatoms. The zero-order valence-electron chi connectivity index (χ0n) is 16.3. The third-order valence-corrected chi connectivity index (χ3v) is 12.3. The Morgan fingerprint density at radius 3 is 2.12 bits per heavy atom. The fraction of sp³-hybridized carbons (Fsp3) is 0.429. The second-order valence-electron chi connectivity index (χ2n) is 6.94. The van der Waals surface area contributed by atoms with Gasteiger partial charge in [0.15, 0.2) is 0 Å². The van der Waals surface area contributed by atoms with Gasteiger partial charge in [-0.3, -0.25) is 0 Å². The van der Waals surface area contributed by atoms with E-state index >= 15 is 0 Å². The van der Waals surface area contributed by atoms with E-state index in [0.29, 0.717) is 0 Å². The molecule has 0 saturated heterocycles. The molecule has 1 heterocycles. The molecule has 0 amide bonds. The summed E-state index contributed by atoms with van der Waals surface area (Å²) in [5, 5.41) is 0. The fourth-order valence-corrected chi connectivity index (χ4v) is 7.35. The molecule has 2 rings (SSSR count). The van der Waals surface area contributed by atoms with Crippen molar-refractivity contribution < 1.29 is 9.53 Å². The Kier molecular flexibility index (Phi) is 9.10. The predicted molar refractivity (Wildman–Crippen MR) is 115 cm³/mol. The number of benzene rings is 1. The Labute approximate surface area is 160 Å². The van der Waals surface area contributed by atoms with Crippen molar-refractivity contribution >= 4 is 42.7 Å². The second-order valence-corrected chi connectivity index (χ2v) is 19.9. The standard InChI is InChI=1S/C12H18O.C6H5OS.2CH3.CH2.Sb/c1-4-5-11-6-8-12(9-7-11)13-10(2)3;1-5(7)6-3-2-4-8-6;;;;/h6-10H,4-5H2,1-3H3;2-3H,1H3;2*1H3;1H2;. The van der Waals surface area contributed by atoms with E-state index in [1.54, 1.807) is 18.3 Å². The van der Waals surface area contributed by atoms with Crippen molar-refractivity contribution in [2.24, 2.45) is 0 Å². The quantitative estimate of drug-likeness (QED) is 0.424. The van der Waals surface area contributed by atoms with E-state index in [-0.39, 0.29) is 11.9 Å². The Hall–Kier alpha value is -0.922. The van der Waals surface area contributed by atoms with Gasteiger partial charge in [0.05, 0.1) is 6.10 Å². The molecule has 0 aliphatic heterocycles. The summed E-state index contributed by atoms with van der Waals surface area (Å²) in [4.78, 5) is 16.4. The number of rotatable bonds is 6. The molecule has 0 unspecified atom stereocenters. The normalized spacial score (nSPS) is 11.0. The molecule has 2 aromatic rings. The second kappa shape index (κ2) is 10.3. The predicted octanol–water partition coefficient (Wildman–Crippen LogP) is 5.31. The molecule has 0 fully saturated rings. The molecule has 1 aromatic carbocycles. The summed E-state index contributed by atoms with van der Waals surface area (Å²) in [5.74, 6) is 1.13. The molecule has 0 bridgehead atoms. The van der Waals surface area contributed by atoms with E-state index in [1.165, 1.54) is 14.8 Å². The zero-order valence-corrected chi connectivity index (χ0v) is 19.7. The maximum atomic E-state index is 11.0. The zero-order chi connectivity index (χ0) is 19.0. The minimum absolute atomic E-state index is 0.167. The van der Waals surface area contributed by atoms with E-state index in [4.69, 9.17) is 4.74 Å². The van der Waals surface area contributed by atoms with Crippen LogP contribution >= 0.6 is 11.3 Å². The molecule has 0 aliphatic carbocycles. The van der Waals surface area contributed by atoms with Crippen molar-refractivity contribution in [1.29, 1.82) is 0 Å². The number of carbonyl (C=O) groups is 1. The van der Waals surface area contributed by atoms with Crippen LogP contribution in [0.1, 0.15) is 49.4 Å². The van der Waals surface area contributed by atoms with Crippen molar-refractivity contribution in [3.05, 3.63) is 46.8 Å². The minimum atomic E-state index is -2.04. The van der Waals surface area contributed by atoms with Gasteiger partial charge < -0.3 is 4.74 Å². The summed E-state index contributed by atoms with van der Waals surface area (Å²) in [6.45, 7) is 7.89. The first-order chi connectivity index (χ1) is 11.6. The number of hydrogen-bond donors (Lipinski definition) is 0. The van der Waals surface area contributed by atoms with Crippen molar-refractivity contribution in [3.8, 4) is 5.75 Å². The molecular formula is C21H31O2SSb. The third-order valence-electron chi connectivity index (χ3n) is 3.37. The molecule has 0 spiro atoms. The van der Waals surface area contributed by atoms with Gasteiger partial charge in [0.2, 0.25) is 0 Å². The summed E-state index contributed by atoms with van der Waals surface area (Å²) in [6, 6.07) is 12.4. The number of thiophene rings is 1. The van der Waals surface area contributed by atoms with E-state index in [1.807, 2.05) is 32.0 Å². The number of hydrogen-bond acceptors (Lipinski definition) is 3. The average Bonchev–Trinajstić information content (AvgIpc) is 3.00. The van der Waals surface area contributed by atoms with Crippen molar-refractivity contribution in [2.45, 2.75) is 56.4 Å². The number of Topliss-reactive ketones (excluding diaryl/α,β-unsaturated/α-hetero) is 1. The van der Waals surface area contributed by atoms with Crippen molar-refractivity contribution in [1.82, 2.24) is 0 Å². The van der Waals surface area contributed by atoms with Gasteiger partial charge in [0.1, 0.15) is 5.75 Å². The van der Waals surface area contributed by atoms with Gasteiger partial charge in [-0.1, -0.05) is 25.5 Å². The Bertz CT molecular complexity index is 708. The molecule has 0 N–H and O–H groups in total. The third kappa shape index (κ3) is 8.33. The van der Waals surface area contributed by atoms with Gasteiger partial charge in [-0.15, -0.1) is 0 Å². The van der Waals surface area contributed by atoms with E-state index in [0.717, 1.165) is 17.0 Å². The van der Waals surface area contributed by atoms with Gasteiger partial charge in [-0.05, 0) is 38.0 Å². The first kappa shape index (κ1) is 22.1. The van der Waals surface area contributed by atoms with Crippen LogP contribution in [0, 0.1) is 0 Å². The summed E-state index contributed by atoms with van der Waals surface area (Å²) < 4.78 is 11.1. The van der Waals surface area contributed by atoms with Crippen LogP contribution < -0.4 is 7.56 Å². The molecule has 0 radical (unpaired) electrons. The number of ketones is 1. The first-order valence-corrected chi connectivity index (χ1v) is 17.7. The van der Waals surface area contributed by atoms with Crippen LogP contribution in [-0.2, 0) is 6.42 Å². The molecule has 138 valence electrons. The van der Waals surface area contributed by atoms with Crippen LogP contribution in [0.5, 0.6) is 5.75 Å².